The van der Waals surface area contributed by atoms with Gasteiger partial charge in [0.25, 0.3) is 10.8 Å². The molecule has 0 aliphatic carbocycles. The van der Waals surface area contributed by atoms with E-state index >= 15 is 0 Å². The summed E-state index contributed by atoms with van der Waals surface area (Å²) < 4.78 is 19.9. The summed E-state index contributed by atoms with van der Waals surface area (Å²) in [5.41, 5.74) is -6.29. The van der Waals surface area contributed by atoms with Crippen molar-refractivity contribution < 1.29 is 62.8 Å². The highest BCUT2D eigenvalue weighted by atomic mass is 31.1. The van der Waals surface area contributed by atoms with E-state index in [4.69, 9.17) is 20.4 Å². The first-order valence-corrected chi connectivity index (χ1v) is 8.79. The van der Waals surface area contributed by atoms with Gasteiger partial charge in [-0.25, -0.2) is 9.59 Å². The van der Waals surface area contributed by atoms with Crippen LogP contribution >= 0.6 is 8.25 Å². The Labute approximate surface area is 158 Å². The van der Waals surface area contributed by atoms with E-state index in [1.807, 2.05) is 0 Å². The SMILES string of the molecule is CCCC(C(=O)O)(C(=O)O)C(=O)O[P+](=O)OC(=O)C(CCC)(C(=O)O)C(=O)O. The molecule has 0 bridgehead atoms. The molecule has 0 amide bonds. The van der Waals surface area contributed by atoms with Crippen LogP contribution in [-0.2, 0) is 42.4 Å². The molecule has 0 aliphatic heterocycles. The summed E-state index contributed by atoms with van der Waals surface area (Å²) in [4.78, 5) is 69.1. The molecule has 0 rings (SSSR count). The van der Waals surface area contributed by atoms with Gasteiger partial charge in [-0.3, -0.25) is 19.2 Å². The second-order valence-corrected chi connectivity index (χ2v) is 6.32. The van der Waals surface area contributed by atoms with Gasteiger partial charge < -0.3 is 20.4 Å². The highest BCUT2D eigenvalue weighted by Gasteiger charge is 2.61. The zero-order valence-electron chi connectivity index (χ0n) is 14.7. The van der Waals surface area contributed by atoms with E-state index in [0.29, 0.717) is 0 Å². The lowest BCUT2D eigenvalue weighted by atomic mass is 9.83. The lowest BCUT2D eigenvalue weighted by Gasteiger charge is -2.19. The standard InChI is InChI=1S/C14H17O13P/c1-3-5-13(7(15)16,8(17)18)11(23)26-28(25)27-12(24)14(6-4-2,9(19)20)10(21)22/h3-6H2,1-2H3,(H3-,15,16,17,18,19,20,21,22)/p+1. The van der Waals surface area contributed by atoms with Crippen molar-refractivity contribution in [2.24, 2.45) is 10.8 Å². The van der Waals surface area contributed by atoms with Crippen molar-refractivity contribution in [3.63, 3.8) is 0 Å². The summed E-state index contributed by atoms with van der Waals surface area (Å²) in [6.07, 6.45) is -1.72. The number of aliphatic carboxylic acids is 4. The summed E-state index contributed by atoms with van der Waals surface area (Å²) in [5, 5.41) is 36.4. The predicted octanol–water partition coefficient (Wildman–Crippen LogP) is 0.642. The fraction of sp³-hybridized carbons (Fsp3) is 0.571. The summed E-state index contributed by atoms with van der Waals surface area (Å²) in [7, 11) is -3.91. The third-order valence-corrected chi connectivity index (χ3v) is 4.35. The number of carbonyl (C=O) groups is 6. The van der Waals surface area contributed by atoms with E-state index in [2.05, 4.69) is 9.05 Å². The first-order valence-electron chi connectivity index (χ1n) is 7.70. The van der Waals surface area contributed by atoms with Crippen LogP contribution in [0, 0.1) is 10.8 Å². The fourth-order valence-corrected chi connectivity index (χ4v) is 2.84. The Hall–Kier alpha value is -3.08. The summed E-state index contributed by atoms with van der Waals surface area (Å²) >= 11 is 0. The summed E-state index contributed by atoms with van der Waals surface area (Å²) in [6.45, 7) is 2.71. The summed E-state index contributed by atoms with van der Waals surface area (Å²) in [5.74, 6) is -12.6. The molecule has 0 radical (unpaired) electrons. The Bertz CT molecular complexity index is 624. The third kappa shape index (κ3) is 4.60. The van der Waals surface area contributed by atoms with Crippen LogP contribution in [0.4, 0.5) is 0 Å². The molecule has 0 aliphatic rings. The van der Waals surface area contributed by atoms with Crippen molar-refractivity contribution in [3.8, 4) is 0 Å². The van der Waals surface area contributed by atoms with E-state index in [-0.39, 0.29) is 12.8 Å². The molecular weight excluding hydrogens is 407 g/mol. The van der Waals surface area contributed by atoms with Gasteiger partial charge in [-0.1, -0.05) is 26.7 Å². The van der Waals surface area contributed by atoms with Crippen molar-refractivity contribution in [2.45, 2.75) is 39.5 Å². The minimum Gasteiger partial charge on any atom is -0.480 e. The maximum absolute atomic E-state index is 12.0. The van der Waals surface area contributed by atoms with Crippen LogP contribution in [0.2, 0.25) is 0 Å². The Kier molecular flexibility index (Phi) is 8.67. The van der Waals surface area contributed by atoms with Crippen LogP contribution in [0.1, 0.15) is 39.5 Å². The molecule has 28 heavy (non-hydrogen) atoms. The van der Waals surface area contributed by atoms with Gasteiger partial charge >= 0.3 is 44.1 Å². The molecule has 13 nitrogen and oxygen atoms in total. The molecule has 4 N–H and O–H groups in total. The molecule has 0 atom stereocenters. The van der Waals surface area contributed by atoms with Crippen molar-refractivity contribution in [2.75, 3.05) is 0 Å². The van der Waals surface area contributed by atoms with Gasteiger partial charge in [-0.05, 0) is 12.8 Å². The Balaban J connectivity index is 5.68. The third-order valence-electron chi connectivity index (χ3n) is 3.72. The summed E-state index contributed by atoms with van der Waals surface area (Å²) in [6, 6.07) is 0. The molecule has 0 heterocycles. The predicted molar refractivity (Wildman–Crippen MR) is 85.0 cm³/mol. The van der Waals surface area contributed by atoms with Gasteiger partial charge in [0, 0.05) is 4.57 Å². The number of carboxylic acid groups (broad SMARTS) is 4. The van der Waals surface area contributed by atoms with Gasteiger partial charge in [0.05, 0.1) is 0 Å². The minimum atomic E-state index is -3.91. The van der Waals surface area contributed by atoms with Crippen molar-refractivity contribution >= 4 is 44.1 Å². The maximum Gasteiger partial charge on any atom is 0.811 e. The number of hydrogen-bond acceptors (Lipinski definition) is 9. The highest BCUT2D eigenvalue weighted by Crippen LogP contribution is 2.37. The molecule has 0 aromatic heterocycles. The highest BCUT2D eigenvalue weighted by molar-refractivity contribution is 7.34. The molecule has 0 saturated carbocycles. The zero-order chi connectivity index (χ0) is 22.3. The van der Waals surface area contributed by atoms with Gasteiger partial charge in [0.15, 0.2) is 0 Å². The Morgan fingerprint density at radius 1 is 0.679 bits per heavy atom. The van der Waals surface area contributed by atoms with Crippen molar-refractivity contribution in [1.82, 2.24) is 0 Å². The van der Waals surface area contributed by atoms with Crippen molar-refractivity contribution in [1.29, 1.82) is 0 Å². The largest absolute Gasteiger partial charge is 0.811 e. The molecule has 0 spiro atoms. The van der Waals surface area contributed by atoms with Crippen LogP contribution in [0.25, 0.3) is 0 Å². The van der Waals surface area contributed by atoms with Gasteiger partial charge in [-0.15, -0.1) is 0 Å². The lowest BCUT2D eigenvalue weighted by Crippen LogP contribution is -2.47. The Morgan fingerprint density at radius 2 is 0.929 bits per heavy atom. The van der Waals surface area contributed by atoms with Crippen LogP contribution in [-0.4, -0.2) is 56.2 Å². The average molecular weight is 425 g/mol. The zero-order valence-corrected chi connectivity index (χ0v) is 15.6. The monoisotopic (exact) mass is 425 g/mol. The van der Waals surface area contributed by atoms with E-state index in [1.54, 1.807) is 0 Å². The van der Waals surface area contributed by atoms with Crippen LogP contribution in [0.15, 0.2) is 0 Å². The lowest BCUT2D eigenvalue weighted by molar-refractivity contribution is -0.175. The number of carboxylic acids is 4. The fourth-order valence-electron chi connectivity index (χ4n) is 2.22. The molecule has 0 fully saturated rings. The minimum absolute atomic E-state index is 0.109. The van der Waals surface area contributed by atoms with Crippen LogP contribution in [0.5, 0.6) is 0 Å². The van der Waals surface area contributed by atoms with E-state index in [0.717, 1.165) is 0 Å². The van der Waals surface area contributed by atoms with Gasteiger partial charge in [-0.2, -0.15) is 9.05 Å². The van der Waals surface area contributed by atoms with E-state index < -0.39 is 67.7 Å². The molecule has 0 aromatic carbocycles. The number of hydrogen-bond donors (Lipinski definition) is 4. The molecular formula is C14H18O13P+. The van der Waals surface area contributed by atoms with E-state index in [9.17, 15) is 33.3 Å². The maximum atomic E-state index is 12.0. The topological polar surface area (TPSA) is 219 Å². The second kappa shape index (κ2) is 9.74. The van der Waals surface area contributed by atoms with E-state index in [1.165, 1.54) is 13.8 Å². The second-order valence-electron chi connectivity index (χ2n) is 5.51. The first-order chi connectivity index (χ1) is 12.8. The Morgan fingerprint density at radius 3 is 1.11 bits per heavy atom. The van der Waals surface area contributed by atoms with Crippen molar-refractivity contribution in [3.05, 3.63) is 0 Å². The molecule has 156 valence electrons. The number of carbonyl (C=O) groups excluding carboxylic acids is 2. The molecule has 0 unspecified atom stereocenters. The molecule has 14 heteroatoms. The smallest absolute Gasteiger partial charge is 0.480 e. The molecule has 0 aromatic rings. The van der Waals surface area contributed by atoms with Crippen LogP contribution < -0.4 is 0 Å². The van der Waals surface area contributed by atoms with Crippen LogP contribution in [0.3, 0.4) is 0 Å². The normalized spacial score (nSPS) is 11.2. The average Bonchev–Trinajstić information content (AvgIpc) is 2.55. The first kappa shape index (κ1) is 24.9. The van der Waals surface area contributed by atoms with Gasteiger partial charge in [0.1, 0.15) is 0 Å². The van der Waals surface area contributed by atoms with Gasteiger partial charge in [0.2, 0.25) is 0 Å². The quantitative estimate of drug-likeness (QED) is 0.249. The molecule has 0 saturated heterocycles. The number of rotatable bonds is 12.